The molecule has 3 rings (SSSR count). The van der Waals surface area contributed by atoms with Crippen LogP contribution >= 0.6 is 0 Å². The van der Waals surface area contributed by atoms with Gasteiger partial charge in [-0.25, -0.2) is 4.79 Å². The molecule has 0 aliphatic carbocycles. The molecule has 29 heavy (non-hydrogen) atoms. The molecule has 7 heteroatoms. The van der Waals surface area contributed by atoms with Crippen molar-refractivity contribution in [1.82, 2.24) is 4.90 Å². The topological polar surface area (TPSA) is 95.9 Å². The fraction of sp³-hybridized carbons (Fsp3) is 0.318. The number of aliphatic carboxylic acids is 1. The summed E-state index contributed by atoms with van der Waals surface area (Å²) >= 11 is 0. The largest absolute Gasteiger partial charge is 0.480 e. The second-order valence-corrected chi connectivity index (χ2v) is 7.02. The van der Waals surface area contributed by atoms with E-state index in [0.717, 1.165) is 18.4 Å². The second-order valence-electron chi connectivity index (χ2n) is 7.02. The summed E-state index contributed by atoms with van der Waals surface area (Å²) in [7, 11) is 1.59. The molecule has 0 aromatic heterocycles. The number of carbonyl (C=O) groups is 3. The van der Waals surface area contributed by atoms with Crippen molar-refractivity contribution in [2.24, 2.45) is 0 Å². The van der Waals surface area contributed by atoms with Crippen molar-refractivity contribution in [3.8, 4) is 0 Å². The summed E-state index contributed by atoms with van der Waals surface area (Å²) in [5, 5.41) is 12.2. The van der Waals surface area contributed by atoms with E-state index in [4.69, 9.17) is 4.74 Å². The van der Waals surface area contributed by atoms with E-state index in [2.05, 4.69) is 5.32 Å². The molecule has 1 aliphatic rings. The monoisotopic (exact) mass is 396 g/mol. The van der Waals surface area contributed by atoms with E-state index in [1.807, 2.05) is 6.07 Å². The van der Waals surface area contributed by atoms with E-state index in [1.54, 1.807) is 49.6 Å². The van der Waals surface area contributed by atoms with Crippen molar-refractivity contribution < 1.29 is 24.2 Å². The molecule has 2 N–H and O–H groups in total. The van der Waals surface area contributed by atoms with Crippen LogP contribution in [0.2, 0.25) is 0 Å². The molecule has 1 heterocycles. The van der Waals surface area contributed by atoms with Gasteiger partial charge < -0.3 is 20.1 Å². The van der Waals surface area contributed by atoms with Gasteiger partial charge in [-0.15, -0.1) is 0 Å². The third-order valence-corrected chi connectivity index (χ3v) is 4.92. The third kappa shape index (κ3) is 5.00. The minimum atomic E-state index is -0.988. The molecule has 0 radical (unpaired) electrons. The maximum Gasteiger partial charge on any atom is 0.326 e. The zero-order chi connectivity index (χ0) is 20.8. The highest BCUT2D eigenvalue weighted by Crippen LogP contribution is 2.21. The predicted octanol–water partition coefficient (Wildman–Crippen LogP) is 3.16. The Bertz CT molecular complexity index is 912. The quantitative estimate of drug-likeness (QED) is 0.782. The second kappa shape index (κ2) is 9.34. The Labute approximate surface area is 169 Å². The van der Waals surface area contributed by atoms with Gasteiger partial charge >= 0.3 is 5.97 Å². The lowest BCUT2D eigenvalue weighted by atomic mass is 10.0. The van der Waals surface area contributed by atoms with Crippen molar-refractivity contribution >= 4 is 23.5 Å². The first-order valence-electron chi connectivity index (χ1n) is 9.52. The zero-order valence-corrected chi connectivity index (χ0v) is 16.3. The first-order chi connectivity index (χ1) is 14.0. The van der Waals surface area contributed by atoms with E-state index in [-0.39, 0.29) is 11.8 Å². The Morgan fingerprint density at radius 3 is 2.62 bits per heavy atom. The number of nitrogens with one attached hydrogen (secondary N) is 1. The minimum absolute atomic E-state index is 0.297. The third-order valence-electron chi connectivity index (χ3n) is 4.92. The van der Waals surface area contributed by atoms with Crippen LogP contribution in [0.25, 0.3) is 0 Å². The van der Waals surface area contributed by atoms with Gasteiger partial charge in [-0.05, 0) is 55.2 Å². The van der Waals surface area contributed by atoms with Gasteiger partial charge in [0.15, 0.2) is 0 Å². The van der Waals surface area contributed by atoms with Crippen LogP contribution in [0.15, 0.2) is 48.5 Å². The van der Waals surface area contributed by atoms with Crippen LogP contribution in [0.5, 0.6) is 0 Å². The molecule has 0 bridgehead atoms. The summed E-state index contributed by atoms with van der Waals surface area (Å²) in [6.07, 6.45) is 2.03. The highest BCUT2D eigenvalue weighted by molar-refractivity contribution is 6.05. The number of methoxy groups -OCH3 is 1. The lowest BCUT2D eigenvalue weighted by Crippen LogP contribution is -2.48. The molecule has 1 aliphatic heterocycles. The van der Waals surface area contributed by atoms with Gasteiger partial charge in [-0.2, -0.15) is 0 Å². The van der Waals surface area contributed by atoms with Crippen molar-refractivity contribution in [3.63, 3.8) is 0 Å². The van der Waals surface area contributed by atoms with Crippen molar-refractivity contribution in [2.75, 3.05) is 19.0 Å². The van der Waals surface area contributed by atoms with Crippen LogP contribution in [-0.4, -0.2) is 47.5 Å². The van der Waals surface area contributed by atoms with E-state index in [1.165, 1.54) is 4.90 Å². The van der Waals surface area contributed by atoms with Gasteiger partial charge in [-0.3, -0.25) is 9.59 Å². The predicted molar refractivity (Wildman–Crippen MR) is 108 cm³/mol. The highest BCUT2D eigenvalue weighted by Gasteiger charge is 2.32. The standard InChI is InChI=1S/C22H24N2O5/c1-29-14-15-6-4-7-16(12-15)20(25)23-18-9-5-8-17(13-18)21(26)24-11-3-2-10-19(24)22(27)28/h4-9,12-13,19H,2-3,10-11,14H2,1H3,(H,23,25)(H,27,28). The normalized spacial score (nSPS) is 16.3. The van der Waals surface area contributed by atoms with Crippen LogP contribution in [0.4, 0.5) is 5.69 Å². The van der Waals surface area contributed by atoms with E-state index in [9.17, 15) is 19.5 Å². The summed E-state index contributed by atoms with van der Waals surface area (Å²) < 4.78 is 5.09. The maximum atomic E-state index is 12.9. The number of amides is 2. The fourth-order valence-corrected chi connectivity index (χ4v) is 3.50. The Hall–Kier alpha value is -3.19. The van der Waals surface area contributed by atoms with Crippen molar-refractivity contribution in [2.45, 2.75) is 31.9 Å². The molecule has 1 unspecified atom stereocenters. The van der Waals surface area contributed by atoms with E-state index < -0.39 is 12.0 Å². The van der Waals surface area contributed by atoms with Gasteiger partial charge in [-0.1, -0.05) is 18.2 Å². The van der Waals surface area contributed by atoms with Crippen LogP contribution in [0.3, 0.4) is 0 Å². The number of hydrogen-bond donors (Lipinski definition) is 2. The lowest BCUT2D eigenvalue weighted by molar-refractivity contribution is -0.143. The minimum Gasteiger partial charge on any atom is -0.480 e. The molecule has 2 aromatic carbocycles. The van der Waals surface area contributed by atoms with Crippen LogP contribution in [0, 0.1) is 0 Å². The first kappa shape index (κ1) is 20.5. The molecular formula is C22H24N2O5. The summed E-state index contributed by atoms with van der Waals surface area (Å²) in [6, 6.07) is 12.9. The number of nitrogens with zero attached hydrogens (tertiary/aromatic N) is 1. The molecule has 2 aromatic rings. The molecule has 2 amide bonds. The molecule has 152 valence electrons. The number of ether oxygens (including phenoxy) is 1. The Morgan fingerprint density at radius 1 is 1.10 bits per heavy atom. The lowest BCUT2D eigenvalue weighted by Gasteiger charge is -2.33. The summed E-state index contributed by atoms with van der Waals surface area (Å²) in [4.78, 5) is 38.3. The number of rotatable bonds is 6. The maximum absolute atomic E-state index is 12.9. The van der Waals surface area contributed by atoms with Crippen molar-refractivity contribution in [1.29, 1.82) is 0 Å². The summed E-state index contributed by atoms with van der Waals surface area (Å²) in [5.41, 5.74) is 2.19. The van der Waals surface area contributed by atoms with E-state index in [0.29, 0.717) is 36.4 Å². The number of benzene rings is 2. The highest BCUT2D eigenvalue weighted by atomic mass is 16.5. The molecule has 7 nitrogen and oxygen atoms in total. The van der Waals surface area contributed by atoms with Gasteiger partial charge in [0, 0.05) is 30.5 Å². The van der Waals surface area contributed by atoms with Gasteiger partial charge in [0.1, 0.15) is 6.04 Å². The number of likely N-dealkylation sites (tertiary alicyclic amines) is 1. The molecular weight excluding hydrogens is 372 g/mol. The van der Waals surface area contributed by atoms with Crippen LogP contribution in [0.1, 0.15) is 45.5 Å². The number of carboxylic acids is 1. The number of anilines is 1. The molecule has 1 atom stereocenters. The molecule has 1 fully saturated rings. The number of hydrogen-bond acceptors (Lipinski definition) is 4. The van der Waals surface area contributed by atoms with E-state index >= 15 is 0 Å². The Kier molecular flexibility index (Phi) is 6.61. The zero-order valence-electron chi connectivity index (χ0n) is 16.3. The van der Waals surface area contributed by atoms with Crippen LogP contribution in [-0.2, 0) is 16.1 Å². The number of carbonyl (C=O) groups excluding carboxylic acids is 2. The number of carboxylic acid groups (broad SMARTS) is 1. The molecule has 0 saturated carbocycles. The summed E-state index contributed by atoms with van der Waals surface area (Å²) in [5.74, 6) is -1.62. The average molecular weight is 396 g/mol. The SMILES string of the molecule is COCc1cccc(C(=O)Nc2cccc(C(=O)N3CCCCC3C(=O)O)c2)c1. The summed E-state index contributed by atoms with van der Waals surface area (Å²) in [6.45, 7) is 0.824. The van der Waals surface area contributed by atoms with Gasteiger partial charge in [0.2, 0.25) is 0 Å². The number of piperidine rings is 1. The van der Waals surface area contributed by atoms with Gasteiger partial charge in [0.25, 0.3) is 11.8 Å². The molecule has 1 saturated heterocycles. The first-order valence-corrected chi connectivity index (χ1v) is 9.52. The average Bonchev–Trinajstić information content (AvgIpc) is 2.74. The van der Waals surface area contributed by atoms with Crippen LogP contribution < -0.4 is 5.32 Å². The van der Waals surface area contributed by atoms with Crippen molar-refractivity contribution in [3.05, 3.63) is 65.2 Å². The Balaban J connectivity index is 1.75. The fourth-order valence-electron chi connectivity index (χ4n) is 3.50. The smallest absolute Gasteiger partial charge is 0.326 e. The van der Waals surface area contributed by atoms with Gasteiger partial charge in [0.05, 0.1) is 6.61 Å². The molecule has 0 spiro atoms. The Morgan fingerprint density at radius 2 is 1.86 bits per heavy atom.